The molecule has 0 aromatic rings. The van der Waals surface area contributed by atoms with Crippen molar-refractivity contribution in [2.45, 2.75) is 45.4 Å². The molecule has 0 radical (unpaired) electrons. The highest BCUT2D eigenvalue weighted by atomic mass is 16.1. The zero-order chi connectivity index (χ0) is 9.05. The summed E-state index contributed by atoms with van der Waals surface area (Å²) in [6.07, 6.45) is 7.63. The van der Waals surface area contributed by atoms with Gasteiger partial charge < -0.3 is 0 Å². The van der Waals surface area contributed by atoms with E-state index in [4.69, 9.17) is 0 Å². The van der Waals surface area contributed by atoms with Crippen molar-refractivity contribution >= 4 is 5.78 Å². The lowest BCUT2D eigenvalue weighted by molar-refractivity contribution is -0.122. The number of rotatable bonds is 0. The smallest absolute Gasteiger partial charge is 0.136 e. The van der Waals surface area contributed by atoms with Crippen molar-refractivity contribution < 1.29 is 4.79 Å². The van der Waals surface area contributed by atoms with E-state index < -0.39 is 0 Å². The number of carbonyl (C=O) groups is 1. The van der Waals surface area contributed by atoms with Crippen LogP contribution in [0.3, 0.4) is 0 Å². The van der Waals surface area contributed by atoms with E-state index in [1.807, 2.05) is 0 Å². The quantitative estimate of drug-likeness (QED) is 0.557. The number of ketones is 1. The maximum Gasteiger partial charge on any atom is 0.136 e. The third-order valence-electron chi connectivity index (χ3n) is 5.04. The van der Waals surface area contributed by atoms with Gasteiger partial charge in [-0.2, -0.15) is 0 Å². The van der Waals surface area contributed by atoms with Crippen molar-refractivity contribution in [1.29, 1.82) is 0 Å². The minimum Gasteiger partial charge on any atom is -0.299 e. The molecule has 3 saturated carbocycles. The van der Waals surface area contributed by atoms with Gasteiger partial charge in [0.05, 0.1) is 0 Å². The first-order chi connectivity index (χ1) is 6.24. The van der Waals surface area contributed by atoms with E-state index in [1.54, 1.807) is 0 Å². The van der Waals surface area contributed by atoms with Crippen LogP contribution in [0.4, 0.5) is 0 Å². The van der Waals surface area contributed by atoms with Gasteiger partial charge in [-0.3, -0.25) is 4.79 Å². The molecule has 4 unspecified atom stereocenters. The number of hydrogen-bond acceptors (Lipinski definition) is 1. The van der Waals surface area contributed by atoms with Crippen molar-refractivity contribution in [2.75, 3.05) is 0 Å². The SMILES string of the molecule is CC1CC2CCCC23CCC(=O)C13. The molecule has 1 spiro atoms. The highest BCUT2D eigenvalue weighted by Crippen LogP contribution is 2.65. The molecule has 3 fully saturated rings. The summed E-state index contributed by atoms with van der Waals surface area (Å²) < 4.78 is 0. The van der Waals surface area contributed by atoms with Crippen LogP contribution in [0.1, 0.15) is 45.4 Å². The fourth-order valence-electron chi connectivity index (χ4n) is 4.72. The van der Waals surface area contributed by atoms with Crippen LogP contribution in [0.15, 0.2) is 0 Å². The first-order valence-electron chi connectivity index (χ1n) is 5.77. The number of hydrogen-bond donors (Lipinski definition) is 0. The molecule has 0 aliphatic heterocycles. The van der Waals surface area contributed by atoms with Gasteiger partial charge in [-0.1, -0.05) is 13.3 Å². The Balaban J connectivity index is 2.03. The summed E-state index contributed by atoms with van der Waals surface area (Å²) in [5.41, 5.74) is 0.510. The van der Waals surface area contributed by atoms with Gasteiger partial charge in [0.2, 0.25) is 0 Å². The zero-order valence-corrected chi connectivity index (χ0v) is 8.38. The van der Waals surface area contributed by atoms with Crippen LogP contribution < -0.4 is 0 Å². The number of carbonyl (C=O) groups excluding carboxylic acids is 1. The van der Waals surface area contributed by atoms with E-state index in [2.05, 4.69) is 6.92 Å². The highest BCUT2D eigenvalue weighted by Gasteiger charge is 2.60. The monoisotopic (exact) mass is 178 g/mol. The molecule has 0 saturated heterocycles. The summed E-state index contributed by atoms with van der Waals surface area (Å²) in [6, 6.07) is 0. The average molecular weight is 178 g/mol. The molecule has 13 heavy (non-hydrogen) atoms. The second-order valence-corrected chi connectivity index (χ2v) is 5.48. The lowest BCUT2D eigenvalue weighted by atomic mass is 9.74. The van der Waals surface area contributed by atoms with Crippen molar-refractivity contribution in [2.24, 2.45) is 23.2 Å². The second-order valence-electron chi connectivity index (χ2n) is 5.48. The molecule has 4 atom stereocenters. The number of Topliss-reactive ketones (excluding diaryl/α,β-unsaturated/α-hetero) is 1. The minimum atomic E-state index is 0.472. The standard InChI is InChI=1S/C12H18O/c1-8-7-9-3-2-5-12(9)6-4-10(13)11(8)12/h8-9,11H,2-7H2,1H3. The van der Waals surface area contributed by atoms with Crippen LogP contribution in [-0.4, -0.2) is 5.78 Å². The van der Waals surface area contributed by atoms with Crippen molar-refractivity contribution in [3.8, 4) is 0 Å². The Hall–Kier alpha value is -0.330. The van der Waals surface area contributed by atoms with Gasteiger partial charge in [0.1, 0.15) is 5.78 Å². The predicted octanol–water partition coefficient (Wildman–Crippen LogP) is 2.79. The Morgan fingerprint density at radius 3 is 3.08 bits per heavy atom. The molecule has 0 aromatic heterocycles. The molecule has 3 rings (SSSR count). The van der Waals surface area contributed by atoms with Crippen LogP contribution in [-0.2, 0) is 4.79 Å². The van der Waals surface area contributed by atoms with E-state index in [-0.39, 0.29) is 0 Å². The molecule has 3 aliphatic rings. The van der Waals surface area contributed by atoms with Gasteiger partial charge in [-0.05, 0) is 42.9 Å². The molecule has 72 valence electrons. The van der Waals surface area contributed by atoms with Crippen molar-refractivity contribution in [3.05, 3.63) is 0 Å². The lowest BCUT2D eigenvalue weighted by Crippen LogP contribution is -2.26. The first-order valence-corrected chi connectivity index (χ1v) is 5.77. The van der Waals surface area contributed by atoms with E-state index in [0.717, 1.165) is 12.3 Å². The van der Waals surface area contributed by atoms with Gasteiger partial charge >= 0.3 is 0 Å². The van der Waals surface area contributed by atoms with E-state index in [0.29, 0.717) is 23.0 Å². The van der Waals surface area contributed by atoms with Crippen LogP contribution in [0.5, 0.6) is 0 Å². The van der Waals surface area contributed by atoms with Gasteiger partial charge in [0, 0.05) is 12.3 Å². The van der Waals surface area contributed by atoms with Crippen LogP contribution >= 0.6 is 0 Å². The molecule has 0 heterocycles. The molecule has 1 heteroatoms. The summed E-state index contributed by atoms with van der Waals surface area (Å²) in [4.78, 5) is 11.8. The molecular formula is C12H18O. The summed E-state index contributed by atoms with van der Waals surface area (Å²) in [5.74, 6) is 2.68. The van der Waals surface area contributed by atoms with Gasteiger partial charge in [0.15, 0.2) is 0 Å². The fraction of sp³-hybridized carbons (Fsp3) is 0.917. The highest BCUT2D eigenvalue weighted by molar-refractivity contribution is 5.85. The first kappa shape index (κ1) is 8.02. The Bertz CT molecular complexity index is 258. The average Bonchev–Trinajstić information content (AvgIpc) is 2.65. The molecule has 0 N–H and O–H groups in total. The summed E-state index contributed by atoms with van der Waals surface area (Å²) in [7, 11) is 0. The van der Waals surface area contributed by atoms with Crippen molar-refractivity contribution in [1.82, 2.24) is 0 Å². The van der Waals surface area contributed by atoms with E-state index >= 15 is 0 Å². The van der Waals surface area contributed by atoms with Crippen LogP contribution in [0.25, 0.3) is 0 Å². The van der Waals surface area contributed by atoms with E-state index in [1.165, 1.54) is 32.1 Å². The van der Waals surface area contributed by atoms with Gasteiger partial charge in [-0.15, -0.1) is 0 Å². The fourth-order valence-corrected chi connectivity index (χ4v) is 4.72. The summed E-state index contributed by atoms with van der Waals surface area (Å²) in [6.45, 7) is 2.30. The molecule has 0 bridgehead atoms. The Labute approximate surface area is 79.9 Å². The van der Waals surface area contributed by atoms with Gasteiger partial charge in [0.25, 0.3) is 0 Å². The normalized spacial score (nSPS) is 53.9. The molecule has 3 aliphatic carbocycles. The zero-order valence-electron chi connectivity index (χ0n) is 8.38. The summed E-state index contributed by atoms with van der Waals surface area (Å²) in [5, 5.41) is 0. The van der Waals surface area contributed by atoms with Gasteiger partial charge in [-0.25, -0.2) is 0 Å². The second kappa shape index (κ2) is 2.37. The predicted molar refractivity (Wildman–Crippen MR) is 51.3 cm³/mol. The van der Waals surface area contributed by atoms with Crippen molar-refractivity contribution in [3.63, 3.8) is 0 Å². The minimum absolute atomic E-state index is 0.472. The van der Waals surface area contributed by atoms with Crippen LogP contribution in [0, 0.1) is 23.2 Å². The molecule has 0 aromatic carbocycles. The molecular weight excluding hydrogens is 160 g/mol. The third-order valence-corrected chi connectivity index (χ3v) is 5.04. The van der Waals surface area contributed by atoms with E-state index in [9.17, 15) is 4.79 Å². The topological polar surface area (TPSA) is 17.1 Å². The third kappa shape index (κ3) is 0.812. The molecule has 1 nitrogen and oxygen atoms in total. The maximum absolute atomic E-state index is 11.8. The lowest BCUT2D eigenvalue weighted by Gasteiger charge is -2.28. The summed E-state index contributed by atoms with van der Waals surface area (Å²) >= 11 is 0. The Kier molecular flexibility index (Phi) is 1.46. The van der Waals surface area contributed by atoms with Crippen LogP contribution in [0.2, 0.25) is 0 Å². The Morgan fingerprint density at radius 1 is 1.38 bits per heavy atom. The maximum atomic E-state index is 11.8. The Morgan fingerprint density at radius 2 is 2.23 bits per heavy atom. The largest absolute Gasteiger partial charge is 0.299 e. The molecule has 0 amide bonds.